The van der Waals surface area contributed by atoms with E-state index in [1.165, 1.54) is 5.69 Å². The SMILES string of the molecule is CN=c1scc(C)n1C. The number of rotatable bonds is 0. The molecule has 2 nitrogen and oxygen atoms in total. The van der Waals surface area contributed by atoms with Gasteiger partial charge in [0.1, 0.15) is 0 Å². The summed E-state index contributed by atoms with van der Waals surface area (Å²) in [6.45, 7) is 2.07. The molecule has 0 aliphatic rings. The summed E-state index contributed by atoms with van der Waals surface area (Å²) in [5, 5.41) is 2.10. The molecule has 0 fully saturated rings. The Bertz CT molecular complexity index is 256. The Morgan fingerprint density at radius 3 is 2.56 bits per heavy atom. The Morgan fingerprint density at radius 1 is 1.67 bits per heavy atom. The van der Waals surface area contributed by atoms with Crippen LogP contribution in [0.15, 0.2) is 10.4 Å². The summed E-state index contributed by atoms with van der Waals surface area (Å²) < 4.78 is 2.07. The zero-order chi connectivity index (χ0) is 6.85. The maximum atomic E-state index is 4.07. The van der Waals surface area contributed by atoms with Crippen molar-refractivity contribution in [2.45, 2.75) is 6.92 Å². The second-order valence-electron chi connectivity index (χ2n) is 1.94. The lowest BCUT2D eigenvalue weighted by molar-refractivity contribution is 0.829. The van der Waals surface area contributed by atoms with Crippen LogP contribution in [0.4, 0.5) is 0 Å². The number of thiazole rings is 1. The Labute approximate surface area is 58.5 Å². The van der Waals surface area contributed by atoms with Crippen LogP contribution in [0.5, 0.6) is 0 Å². The number of aryl methyl sites for hydroxylation is 1. The first-order valence-corrected chi connectivity index (χ1v) is 3.67. The molecule has 1 heterocycles. The first kappa shape index (κ1) is 6.55. The molecule has 0 spiro atoms. The first-order valence-electron chi connectivity index (χ1n) is 2.79. The van der Waals surface area contributed by atoms with Crippen LogP contribution in [-0.4, -0.2) is 11.6 Å². The van der Waals surface area contributed by atoms with Crippen molar-refractivity contribution in [3.8, 4) is 0 Å². The minimum atomic E-state index is 1.08. The summed E-state index contributed by atoms with van der Waals surface area (Å²) in [5.41, 5.74) is 1.26. The molecule has 0 aromatic carbocycles. The third kappa shape index (κ3) is 1.05. The summed E-state index contributed by atoms with van der Waals surface area (Å²) in [6, 6.07) is 0. The van der Waals surface area contributed by atoms with E-state index in [1.807, 2.05) is 14.1 Å². The van der Waals surface area contributed by atoms with Gasteiger partial charge in [-0.05, 0) is 6.92 Å². The molecule has 1 rings (SSSR count). The van der Waals surface area contributed by atoms with Crippen molar-refractivity contribution in [2.75, 3.05) is 7.05 Å². The molecule has 0 atom stereocenters. The van der Waals surface area contributed by atoms with Gasteiger partial charge in [0, 0.05) is 25.2 Å². The Kier molecular flexibility index (Phi) is 1.71. The third-order valence-corrected chi connectivity index (χ3v) is 2.47. The normalized spacial score (nSPS) is 12.6. The summed E-state index contributed by atoms with van der Waals surface area (Å²) >= 11 is 1.67. The van der Waals surface area contributed by atoms with Gasteiger partial charge in [-0.2, -0.15) is 0 Å². The minimum Gasteiger partial charge on any atom is -0.324 e. The van der Waals surface area contributed by atoms with E-state index >= 15 is 0 Å². The Hall–Kier alpha value is -0.570. The van der Waals surface area contributed by atoms with Crippen molar-refractivity contribution in [1.29, 1.82) is 0 Å². The van der Waals surface area contributed by atoms with E-state index in [4.69, 9.17) is 0 Å². The number of nitrogens with zero attached hydrogens (tertiary/aromatic N) is 2. The van der Waals surface area contributed by atoms with Gasteiger partial charge < -0.3 is 4.57 Å². The average molecular weight is 142 g/mol. The van der Waals surface area contributed by atoms with Gasteiger partial charge in [-0.25, -0.2) is 0 Å². The standard InChI is InChI=1S/C6H10N2S/c1-5-4-9-6(7-2)8(5)3/h4H,1-3H3. The van der Waals surface area contributed by atoms with Gasteiger partial charge in [0.25, 0.3) is 0 Å². The minimum absolute atomic E-state index is 1.08. The van der Waals surface area contributed by atoms with Crippen molar-refractivity contribution in [2.24, 2.45) is 12.0 Å². The van der Waals surface area contributed by atoms with Gasteiger partial charge in [0.2, 0.25) is 0 Å². The van der Waals surface area contributed by atoms with Crippen LogP contribution in [0.2, 0.25) is 0 Å². The zero-order valence-corrected chi connectivity index (χ0v) is 6.70. The Balaban J connectivity index is 3.37. The van der Waals surface area contributed by atoms with Crippen LogP contribution in [-0.2, 0) is 7.05 Å². The summed E-state index contributed by atoms with van der Waals surface area (Å²) in [7, 11) is 3.83. The molecule has 50 valence electrons. The smallest absolute Gasteiger partial charge is 0.184 e. The molecule has 0 N–H and O–H groups in total. The average Bonchev–Trinajstić information content (AvgIpc) is 2.15. The van der Waals surface area contributed by atoms with Crippen molar-refractivity contribution in [3.63, 3.8) is 0 Å². The van der Waals surface area contributed by atoms with Crippen LogP contribution in [0.1, 0.15) is 5.69 Å². The Morgan fingerprint density at radius 2 is 2.33 bits per heavy atom. The molecule has 0 aliphatic carbocycles. The number of hydrogen-bond donors (Lipinski definition) is 0. The van der Waals surface area contributed by atoms with E-state index < -0.39 is 0 Å². The van der Waals surface area contributed by atoms with Crippen molar-refractivity contribution in [3.05, 3.63) is 15.9 Å². The quantitative estimate of drug-likeness (QED) is 0.512. The largest absolute Gasteiger partial charge is 0.324 e. The molecule has 3 heteroatoms. The van der Waals surface area contributed by atoms with E-state index in [1.54, 1.807) is 11.3 Å². The summed E-state index contributed by atoms with van der Waals surface area (Å²) in [5.74, 6) is 0. The molecule has 0 saturated carbocycles. The van der Waals surface area contributed by atoms with Crippen molar-refractivity contribution >= 4 is 11.3 Å². The molecule has 9 heavy (non-hydrogen) atoms. The second kappa shape index (κ2) is 2.35. The molecule has 0 bridgehead atoms. The highest BCUT2D eigenvalue weighted by molar-refractivity contribution is 7.07. The highest BCUT2D eigenvalue weighted by Gasteiger charge is 1.90. The molecule has 0 radical (unpaired) electrons. The topological polar surface area (TPSA) is 17.3 Å². The maximum Gasteiger partial charge on any atom is 0.184 e. The van der Waals surface area contributed by atoms with Gasteiger partial charge >= 0.3 is 0 Å². The van der Waals surface area contributed by atoms with Crippen LogP contribution in [0, 0.1) is 6.92 Å². The fourth-order valence-electron chi connectivity index (χ4n) is 0.650. The lowest BCUT2D eigenvalue weighted by Crippen LogP contribution is -2.10. The molecular formula is C6H10N2S. The van der Waals surface area contributed by atoms with E-state index in [0.717, 1.165) is 4.80 Å². The van der Waals surface area contributed by atoms with E-state index in [-0.39, 0.29) is 0 Å². The first-order chi connectivity index (χ1) is 4.25. The number of aromatic nitrogens is 1. The van der Waals surface area contributed by atoms with E-state index in [9.17, 15) is 0 Å². The van der Waals surface area contributed by atoms with Gasteiger partial charge in [-0.3, -0.25) is 4.99 Å². The van der Waals surface area contributed by atoms with E-state index in [0.29, 0.717) is 0 Å². The lowest BCUT2D eigenvalue weighted by Gasteiger charge is -1.90. The number of hydrogen-bond acceptors (Lipinski definition) is 2. The highest BCUT2D eigenvalue weighted by atomic mass is 32.1. The third-order valence-electron chi connectivity index (χ3n) is 1.34. The molecule has 1 aromatic rings. The zero-order valence-electron chi connectivity index (χ0n) is 5.88. The molecular weight excluding hydrogens is 132 g/mol. The predicted octanol–water partition coefficient (Wildman–Crippen LogP) is 0.926. The summed E-state index contributed by atoms with van der Waals surface area (Å²) in [6.07, 6.45) is 0. The van der Waals surface area contributed by atoms with Gasteiger partial charge in [-0.15, -0.1) is 11.3 Å². The van der Waals surface area contributed by atoms with Crippen molar-refractivity contribution < 1.29 is 0 Å². The molecule has 1 aromatic heterocycles. The van der Waals surface area contributed by atoms with Crippen LogP contribution in [0.3, 0.4) is 0 Å². The van der Waals surface area contributed by atoms with Gasteiger partial charge in [-0.1, -0.05) is 0 Å². The molecule has 0 unspecified atom stereocenters. The van der Waals surface area contributed by atoms with E-state index in [2.05, 4.69) is 21.9 Å². The van der Waals surface area contributed by atoms with Gasteiger partial charge in [0.15, 0.2) is 4.80 Å². The highest BCUT2D eigenvalue weighted by Crippen LogP contribution is 1.95. The monoisotopic (exact) mass is 142 g/mol. The lowest BCUT2D eigenvalue weighted by atomic mass is 10.6. The van der Waals surface area contributed by atoms with Crippen molar-refractivity contribution in [1.82, 2.24) is 4.57 Å². The van der Waals surface area contributed by atoms with Crippen LogP contribution in [0.25, 0.3) is 0 Å². The predicted molar refractivity (Wildman–Crippen MR) is 39.5 cm³/mol. The summed E-state index contributed by atoms with van der Waals surface area (Å²) in [4.78, 5) is 5.15. The molecule has 0 amide bonds. The van der Waals surface area contributed by atoms with Crippen LogP contribution < -0.4 is 4.80 Å². The maximum absolute atomic E-state index is 4.07. The van der Waals surface area contributed by atoms with Crippen LogP contribution >= 0.6 is 11.3 Å². The fraction of sp³-hybridized carbons (Fsp3) is 0.500. The van der Waals surface area contributed by atoms with Gasteiger partial charge in [0.05, 0.1) is 0 Å². The second-order valence-corrected chi connectivity index (χ2v) is 2.78. The fourth-order valence-corrected chi connectivity index (χ4v) is 1.49. The molecule has 0 saturated heterocycles. The molecule has 0 aliphatic heterocycles.